The lowest BCUT2D eigenvalue weighted by Gasteiger charge is -2.01. The van der Waals surface area contributed by atoms with E-state index in [0.29, 0.717) is 6.61 Å². The molecule has 3 aromatic rings. The molecule has 0 saturated carbocycles. The molecular formula is C18H17NO3S2. The molecule has 0 radical (unpaired) electrons. The zero-order chi connectivity index (χ0) is 16.9. The number of aromatic nitrogens is 1. The van der Waals surface area contributed by atoms with Crippen LogP contribution in [0, 0.1) is 0 Å². The van der Waals surface area contributed by atoms with Crippen molar-refractivity contribution in [2.75, 3.05) is 13.7 Å². The molecule has 24 heavy (non-hydrogen) atoms. The Balaban J connectivity index is 1.97. The lowest BCUT2D eigenvalue weighted by Crippen LogP contribution is -2.06. The van der Waals surface area contributed by atoms with E-state index < -0.39 is 0 Å². The molecule has 0 bridgehead atoms. The van der Waals surface area contributed by atoms with E-state index in [4.69, 9.17) is 14.5 Å². The van der Waals surface area contributed by atoms with Gasteiger partial charge in [0, 0.05) is 10.4 Å². The predicted octanol–water partition coefficient (Wildman–Crippen LogP) is 4.65. The van der Waals surface area contributed by atoms with E-state index in [-0.39, 0.29) is 12.4 Å². The molecule has 2 aromatic heterocycles. The van der Waals surface area contributed by atoms with Crippen molar-refractivity contribution >= 4 is 28.6 Å². The highest BCUT2D eigenvalue weighted by Gasteiger charge is 2.18. The van der Waals surface area contributed by atoms with Gasteiger partial charge in [-0.1, -0.05) is 6.07 Å². The molecule has 3 rings (SSSR count). The van der Waals surface area contributed by atoms with Gasteiger partial charge in [-0.05, 0) is 42.6 Å². The monoisotopic (exact) mass is 359 g/mol. The van der Waals surface area contributed by atoms with Gasteiger partial charge in [-0.25, -0.2) is 4.98 Å². The molecule has 0 saturated heterocycles. The second kappa shape index (κ2) is 7.59. The molecule has 0 aliphatic heterocycles. The molecule has 124 valence electrons. The van der Waals surface area contributed by atoms with Crippen LogP contribution in [0.1, 0.15) is 11.8 Å². The SMILES string of the molecule is CCOC(=O)Cc1sc(-c2ccc(OC)cc2)nc1-c1cccs1. The molecule has 0 atom stereocenters. The summed E-state index contributed by atoms with van der Waals surface area (Å²) in [5.74, 6) is 0.584. The Bertz CT molecular complexity index is 807. The first-order valence-corrected chi connectivity index (χ1v) is 9.24. The Labute approximate surface area is 148 Å². The minimum absolute atomic E-state index is 0.222. The largest absolute Gasteiger partial charge is 0.497 e. The highest BCUT2D eigenvalue weighted by Crippen LogP contribution is 2.36. The van der Waals surface area contributed by atoms with Gasteiger partial charge in [-0.2, -0.15) is 0 Å². The Morgan fingerprint density at radius 3 is 2.62 bits per heavy atom. The minimum Gasteiger partial charge on any atom is -0.497 e. The van der Waals surface area contributed by atoms with Gasteiger partial charge in [0.2, 0.25) is 0 Å². The number of carbonyl (C=O) groups excluding carboxylic acids is 1. The van der Waals surface area contributed by atoms with E-state index >= 15 is 0 Å². The number of methoxy groups -OCH3 is 1. The molecule has 1 aromatic carbocycles. The summed E-state index contributed by atoms with van der Waals surface area (Å²) in [6.07, 6.45) is 0.245. The second-order valence-corrected chi connectivity index (χ2v) is 7.01. The van der Waals surface area contributed by atoms with E-state index in [1.807, 2.05) is 48.7 Å². The molecule has 6 heteroatoms. The molecular weight excluding hydrogens is 342 g/mol. The Morgan fingerprint density at radius 2 is 2.00 bits per heavy atom. The van der Waals surface area contributed by atoms with E-state index in [9.17, 15) is 4.79 Å². The van der Waals surface area contributed by atoms with Gasteiger partial charge < -0.3 is 9.47 Å². The van der Waals surface area contributed by atoms with Gasteiger partial charge in [0.25, 0.3) is 0 Å². The average Bonchev–Trinajstić information content (AvgIpc) is 3.24. The molecule has 0 unspecified atom stereocenters. The standard InChI is InChI=1S/C18H17NO3S2/c1-3-22-16(20)11-15-17(14-5-4-10-23-14)19-18(24-15)12-6-8-13(21-2)9-7-12/h4-10H,3,11H2,1-2H3. The number of thiophene rings is 1. The molecule has 0 aliphatic rings. The molecule has 0 fully saturated rings. The fourth-order valence-electron chi connectivity index (χ4n) is 2.28. The average molecular weight is 359 g/mol. The molecule has 2 heterocycles. The summed E-state index contributed by atoms with van der Waals surface area (Å²) < 4.78 is 10.3. The highest BCUT2D eigenvalue weighted by atomic mass is 32.1. The first-order chi connectivity index (χ1) is 11.7. The zero-order valence-corrected chi connectivity index (χ0v) is 15.1. The van der Waals surface area contributed by atoms with Crippen LogP contribution in [0.25, 0.3) is 21.1 Å². The van der Waals surface area contributed by atoms with Crippen LogP contribution in [0.2, 0.25) is 0 Å². The summed E-state index contributed by atoms with van der Waals surface area (Å²) in [5, 5.41) is 2.90. The van der Waals surface area contributed by atoms with E-state index in [1.165, 1.54) is 11.3 Å². The van der Waals surface area contributed by atoms with E-state index in [0.717, 1.165) is 31.8 Å². The number of thiazole rings is 1. The maximum Gasteiger partial charge on any atom is 0.311 e. The molecule has 0 spiro atoms. The van der Waals surface area contributed by atoms with Crippen molar-refractivity contribution < 1.29 is 14.3 Å². The smallest absolute Gasteiger partial charge is 0.311 e. The Kier molecular flexibility index (Phi) is 5.27. The number of esters is 1. The van der Waals surface area contributed by atoms with Crippen LogP contribution >= 0.6 is 22.7 Å². The maximum absolute atomic E-state index is 11.9. The maximum atomic E-state index is 11.9. The van der Waals surface area contributed by atoms with Crippen LogP contribution in [0.5, 0.6) is 5.75 Å². The second-order valence-electron chi connectivity index (χ2n) is 4.98. The van der Waals surface area contributed by atoms with Gasteiger partial charge >= 0.3 is 5.97 Å². The third-order valence-electron chi connectivity index (χ3n) is 3.40. The summed E-state index contributed by atoms with van der Waals surface area (Å²) in [5.41, 5.74) is 1.88. The number of rotatable bonds is 6. The lowest BCUT2D eigenvalue weighted by atomic mass is 10.2. The number of nitrogens with zero attached hydrogens (tertiary/aromatic N) is 1. The van der Waals surface area contributed by atoms with Crippen LogP contribution in [0.3, 0.4) is 0 Å². The topological polar surface area (TPSA) is 48.4 Å². The summed E-state index contributed by atoms with van der Waals surface area (Å²) >= 11 is 3.15. The van der Waals surface area contributed by atoms with Crippen molar-refractivity contribution in [2.45, 2.75) is 13.3 Å². The van der Waals surface area contributed by atoms with Gasteiger partial charge in [0.1, 0.15) is 10.8 Å². The lowest BCUT2D eigenvalue weighted by molar-refractivity contribution is -0.142. The summed E-state index contributed by atoms with van der Waals surface area (Å²) in [4.78, 5) is 18.7. The van der Waals surface area contributed by atoms with Crippen molar-refractivity contribution in [1.82, 2.24) is 4.98 Å². The van der Waals surface area contributed by atoms with Crippen LogP contribution in [0.4, 0.5) is 0 Å². The van der Waals surface area contributed by atoms with Crippen LogP contribution in [-0.4, -0.2) is 24.7 Å². The Hall–Kier alpha value is -2.18. The number of hydrogen-bond acceptors (Lipinski definition) is 6. The van der Waals surface area contributed by atoms with Crippen molar-refractivity contribution in [3.8, 4) is 26.9 Å². The van der Waals surface area contributed by atoms with Crippen LogP contribution < -0.4 is 4.74 Å². The first-order valence-electron chi connectivity index (χ1n) is 7.55. The minimum atomic E-state index is -0.222. The number of carbonyl (C=O) groups is 1. The fraction of sp³-hybridized carbons (Fsp3) is 0.222. The van der Waals surface area contributed by atoms with Crippen LogP contribution in [-0.2, 0) is 16.0 Å². The van der Waals surface area contributed by atoms with Crippen molar-refractivity contribution in [2.24, 2.45) is 0 Å². The number of ether oxygens (including phenoxy) is 2. The molecule has 0 N–H and O–H groups in total. The van der Waals surface area contributed by atoms with Crippen molar-refractivity contribution in [3.05, 3.63) is 46.7 Å². The Morgan fingerprint density at radius 1 is 1.21 bits per heavy atom. The van der Waals surface area contributed by atoms with Crippen molar-refractivity contribution in [1.29, 1.82) is 0 Å². The quantitative estimate of drug-likeness (QED) is 0.601. The third-order valence-corrected chi connectivity index (χ3v) is 5.38. The fourth-order valence-corrected chi connectivity index (χ4v) is 4.15. The number of hydrogen-bond donors (Lipinski definition) is 0. The molecule has 0 amide bonds. The normalized spacial score (nSPS) is 10.6. The first kappa shape index (κ1) is 16.7. The highest BCUT2D eigenvalue weighted by molar-refractivity contribution is 7.17. The molecule has 4 nitrogen and oxygen atoms in total. The van der Waals surface area contributed by atoms with E-state index in [2.05, 4.69) is 0 Å². The van der Waals surface area contributed by atoms with Gasteiger partial charge in [0.05, 0.1) is 30.7 Å². The zero-order valence-electron chi connectivity index (χ0n) is 13.4. The summed E-state index contributed by atoms with van der Waals surface area (Å²) in [7, 11) is 1.64. The summed E-state index contributed by atoms with van der Waals surface area (Å²) in [6.45, 7) is 2.20. The van der Waals surface area contributed by atoms with Crippen LogP contribution in [0.15, 0.2) is 41.8 Å². The third kappa shape index (κ3) is 3.66. The van der Waals surface area contributed by atoms with Gasteiger partial charge in [0.15, 0.2) is 0 Å². The van der Waals surface area contributed by atoms with Crippen molar-refractivity contribution in [3.63, 3.8) is 0 Å². The van der Waals surface area contributed by atoms with Gasteiger partial charge in [-0.3, -0.25) is 4.79 Å². The van der Waals surface area contributed by atoms with E-state index in [1.54, 1.807) is 18.4 Å². The summed E-state index contributed by atoms with van der Waals surface area (Å²) in [6, 6.07) is 11.8. The number of benzene rings is 1. The molecule has 0 aliphatic carbocycles. The predicted molar refractivity (Wildman–Crippen MR) is 97.8 cm³/mol. The van der Waals surface area contributed by atoms with Gasteiger partial charge in [-0.15, -0.1) is 22.7 Å².